The van der Waals surface area contributed by atoms with Crippen molar-refractivity contribution in [1.29, 1.82) is 0 Å². The minimum absolute atomic E-state index is 0.0824. The second-order valence-corrected chi connectivity index (χ2v) is 12.7. The average Bonchev–Trinajstić information content (AvgIpc) is 3.36. The van der Waals surface area contributed by atoms with E-state index in [4.69, 9.17) is 27.1 Å². The number of aromatic amines is 1. The van der Waals surface area contributed by atoms with Gasteiger partial charge < -0.3 is 15.5 Å². The van der Waals surface area contributed by atoms with Crippen molar-refractivity contribution in [1.82, 2.24) is 4.98 Å². The van der Waals surface area contributed by atoms with E-state index in [1.807, 2.05) is 37.3 Å². The van der Waals surface area contributed by atoms with Crippen molar-refractivity contribution in [2.75, 3.05) is 12.9 Å². The highest BCUT2D eigenvalue weighted by Gasteiger charge is 2.55. The van der Waals surface area contributed by atoms with Crippen molar-refractivity contribution in [2.45, 2.75) is 49.3 Å². The molecule has 0 saturated heterocycles. The van der Waals surface area contributed by atoms with Crippen LogP contribution in [0.3, 0.4) is 0 Å². The van der Waals surface area contributed by atoms with E-state index < -0.39 is 20.1 Å². The number of H-pyrrole nitrogens is 1. The lowest BCUT2D eigenvalue weighted by molar-refractivity contribution is 0.415. The second kappa shape index (κ2) is 7.50. The number of ether oxygens (including phenoxy) is 1. The van der Waals surface area contributed by atoms with Crippen LogP contribution in [-0.4, -0.2) is 36.8 Å². The number of sulfone groups is 1. The highest BCUT2D eigenvalue weighted by atomic mass is 35.5. The van der Waals surface area contributed by atoms with Crippen molar-refractivity contribution < 1.29 is 13.2 Å². The zero-order chi connectivity index (χ0) is 22.7. The molecule has 3 heterocycles. The highest BCUT2D eigenvalue weighted by molar-refractivity contribution is 7.93. The first-order valence-corrected chi connectivity index (χ1v) is 13.6. The summed E-state index contributed by atoms with van der Waals surface area (Å²) in [5.41, 5.74) is 7.19. The van der Waals surface area contributed by atoms with Crippen molar-refractivity contribution in [3.05, 3.63) is 40.2 Å². The molecule has 3 aromatic rings. The van der Waals surface area contributed by atoms with Crippen LogP contribution >= 0.6 is 22.9 Å². The molecule has 0 bridgehead atoms. The fraction of sp³-hybridized carbons (Fsp3) is 0.435. The fourth-order valence-corrected chi connectivity index (χ4v) is 9.37. The molecule has 5 rings (SSSR count). The molecular weight excluding hydrogens is 466 g/mol. The zero-order valence-corrected chi connectivity index (χ0v) is 20.5. The van der Waals surface area contributed by atoms with Gasteiger partial charge in [0.2, 0.25) is 0 Å². The minimum Gasteiger partial charge on any atom is -0.495 e. The molecule has 1 fully saturated rings. The molecule has 1 aliphatic heterocycles. The number of benzene rings is 1. The highest BCUT2D eigenvalue weighted by Crippen LogP contribution is 2.48. The predicted molar refractivity (Wildman–Crippen MR) is 132 cm³/mol. The molecule has 2 aromatic heterocycles. The Morgan fingerprint density at radius 1 is 1.22 bits per heavy atom. The van der Waals surface area contributed by atoms with Crippen molar-refractivity contribution in [3.63, 3.8) is 0 Å². The zero-order valence-electron chi connectivity index (χ0n) is 18.1. The maximum absolute atomic E-state index is 13.5. The van der Waals surface area contributed by atoms with Crippen LogP contribution in [0, 0.1) is 0 Å². The van der Waals surface area contributed by atoms with Crippen LogP contribution < -0.4 is 10.5 Å². The Labute approximate surface area is 196 Å². The lowest BCUT2D eigenvalue weighted by Crippen LogP contribution is -2.58. The predicted octanol–water partition coefficient (Wildman–Crippen LogP) is 5.26. The molecule has 32 heavy (non-hydrogen) atoms. The van der Waals surface area contributed by atoms with Crippen LogP contribution in [0.1, 0.15) is 43.9 Å². The number of hydrogen-bond acceptors (Lipinski definition) is 6. The second-order valence-electron chi connectivity index (χ2n) is 8.98. The van der Waals surface area contributed by atoms with E-state index in [9.17, 15) is 8.42 Å². The average molecular weight is 492 g/mol. The first-order valence-electron chi connectivity index (χ1n) is 10.7. The number of aliphatic imine (C=N–C) groups is 1. The number of fused-ring (bicyclic) bond motifs is 1. The third-order valence-electron chi connectivity index (χ3n) is 6.84. The quantitative estimate of drug-likeness (QED) is 0.522. The van der Waals surface area contributed by atoms with Crippen LogP contribution in [-0.2, 0) is 15.4 Å². The Bertz CT molecular complexity index is 1340. The summed E-state index contributed by atoms with van der Waals surface area (Å²) in [4.78, 5) is 9.84. The van der Waals surface area contributed by atoms with E-state index in [0.29, 0.717) is 17.9 Å². The van der Waals surface area contributed by atoms with Crippen LogP contribution in [0.4, 0.5) is 0 Å². The Morgan fingerprint density at radius 2 is 1.97 bits per heavy atom. The number of thiophene rings is 1. The largest absolute Gasteiger partial charge is 0.495 e. The molecule has 1 aliphatic carbocycles. The summed E-state index contributed by atoms with van der Waals surface area (Å²) in [7, 11) is -1.84. The number of amidine groups is 1. The van der Waals surface area contributed by atoms with Crippen LogP contribution in [0.15, 0.2) is 35.3 Å². The van der Waals surface area contributed by atoms with Crippen LogP contribution in [0.25, 0.3) is 21.5 Å². The Morgan fingerprint density at radius 3 is 2.66 bits per heavy atom. The standard InChI is InChI=1S/C23H26ClN3O3S2/c1-22(13-32(28,29)23(21(25)27-22)9-4-3-5-10-23)20-15(24)12-18(31-20)16-11-14-7-6-8-17(30-2)19(14)26-16/h6-8,11-12,26H,3-5,9-10,13H2,1-2H3,(H2,25,27). The summed E-state index contributed by atoms with van der Waals surface area (Å²) in [6, 6.07) is 9.77. The first-order chi connectivity index (χ1) is 15.2. The smallest absolute Gasteiger partial charge is 0.165 e. The molecule has 0 radical (unpaired) electrons. The minimum atomic E-state index is -3.48. The Hall–Kier alpha value is -2.03. The van der Waals surface area contributed by atoms with Gasteiger partial charge in [-0.15, -0.1) is 11.3 Å². The molecule has 1 aromatic carbocycles. The summed E-state index contributed by atoms with van der Waals surface area (Å²) >= 11 is 8.11. The maximum Gasteiger partial charge on any atom is 0.165 e. The number of nitrogens with two attached hydrogens (primary N) is 1. The molecule has 9 heteroatoms. The summed E-state index contributed by atoms with van der Waals surface area (Å²) < 4.78 is 31.5. The van der Waals surface area contributed by atoms with Crippen LogP contribution in [0.2, 0.25) is 5.02 Å². The van der Waals surface area contributed by atoms with Gasteiger partial charge in [0, 0.05) is 5.39 Å². The lowest BCUT2D eigenvalue weighted by atomic mass is 9.86. The van der Waals surface area contributed by atoms with Gasteiger partial charge in [-0.2, -0.15) is 0 Å². The number of rotatable bonds is 3. The Kier molecular flexibility index (Phi) is 5.11. The lowest BCUT2D eigenvalue weighted by Gasteiger charge is -2.43. The van der Waals surface area contributed by atoms with E-state index in [1.54, 1.807) is 7.11 Å². The number of hydrogen-bond donors (Lipinski definition) is 2. The van der Waals surface area contributed by atoms with E-state index in [0.717, 1.165) is 51.4 Å². The van der Waals surface area contributed by atoms with Gasteiger partial charge in [-0.1, -0.05) is 43.0 Å². The van der Waals surface area contributed by atoms with E-state index in [2.05, 4.69) is 4.98 Å². The molecule has 2 aliphatic rings. The van der Waals surface area contributed by atoms with Gasteiger partial charge in [0.05, 0.1) is 38.9 Å². The summed E-state index contributed by atoms with van der Waals surface area (Å²) in [5, 5.41) is 1.53. The number of nitrogens with zero attached hydrogens (tertiary/aromatic N) is 1. The van der Waals surface area contributed by atoms with Crippen molar-refractivity contribution >= 4 is 49.5 Å². The molecule has 1 spiro atoms. The van der Waals surface area contributed by atoms with Gasteiger partial charge in [0.15, 0.2) is 9.84 Å². The molecule has 1 saturated carbocycles. The number of nitrogens with one attached hydrogen (secondary N) is 1. The van der Waals surface area contributed by atoms with Crippen molar-refractivity contribution in [3.8, 4) is 16.3 Å². The topological polar surface area (TPSA) is 97.5 Å². The van der Waals surface area contributed by atoms with Crippen molar-refractivity contribution in [2.24, 2.45) is 10.7 Å². The number of para-hydroxylation sites is 1. The van der Waals surface area contributed by atoms with Crippen LogP contribution in [0.5, 0.6) is 5.75 Å². The molecule has 0 amide bonds. The van der Waals surface area contributed by atoms with Gasteiger partial charge in [-0.25, -0.2) is 8.42 Å². The summed E-state index contributed by atoms with van der Waals surface area (Å²) in [6.45, 7) is 1.82. The molecule has 3 N–H and O–H groups in total. The SMILES string of the molecule is COc1cccc2cc(-c3cc(Cl)c(C4(C)CS(=O)(=O)C5(CCCCC5)C(N)=N4)s3)[nH]c12. The molecule has 1 unspecified atom stereocenters. The van der Waals surface area contributed by atoms with E-state index >= 15 is 0 Å². The summed E-state index contributed by atoms with van der Waals surface area (Å²) in [6.07, 6.45) is 3.87. The van der Waals surface area contributed by atoms with Gasteiger partial charge in [0.25, 0.3) is 0 Å². The number of aromatic nitrogens is 1. The van der Waals surface area contributed by atoms with Gasteiger partial charge in [-0.3, -0.25) is 4.99 Å². The molecule has 6 nitrogen and oxygen atoms in total. The number of halogens is 1. The fourth-order valence-electron chi connectivity index (χ4n) is 5.17. The van der Waals surface area contributed by atoms with Gasteiger partial charge in [0.1, 0.15) is 21.9 Å². The van der Waals surface area contributed by atoms with Gasteiger partial charge >= 0.3 is 0 Å². The maximum atomic E-state index is 13.5. The third-order valence-corrected chi connectivity index (χ3v) is 11.4. The van der Waals surface area contributed by atoms with E-state index in [1.165, 1.54) is 11.3 Å². The first kappa shape index (κ1) is 21.8. The normalized spacial score (nSPS) is 24.5. The number of methoxy groups -OCH3 is 1. The van der Waals surface area contributed by atoms with Gasteiger partial charge in [-0.05, 0) is 38.0 Å². The molecule has 170 valence electrons. The van der Waals surface area contributed by atoms with E-state index in [-0.39, 0.29) is 11.6 Å². The Balaban J connectivity index is 1.58. The summed E-state index contributed by atoms with van der Waals surface area (Å²) in [5.74, 6) is 0.922. The monoisotopic (exact) mass is 491 g/mol. The molecule has 1 atom stereocenters. The molecular formula is C23H26ClN3O3S2. The third kappa shape index (κ3) is 3.18.